The fourth-order valence-electron chi connectivity index (χ4n) is 1.15. The second kappa shape index (κ2) is 4.96. The number of hydrogen-bond acceptors (Lipinski definition) is 2. The van der Waals surface area contributed by atoms with Crippen molar-refractivity contribution in [3.05, 3.63) is 0 Å². The Kier molecular flexibility index (Phi) is 4.76. The molecule has 0 aliphatic heterocycles. The molecule has 2 nitrogen and oxygen atoms in total. The standard InChI is InChI=1S/C7H6F10O2/c1-19-2(6(12,13)14)5(10,11)4(18,3(8)9)7(15,16)17/h2-3,18H,1H3. The highest BCUT2D eigenvalue weighted by Crippen LogP contribution is 2.50. The maximum atomic E-state index is 13.1. The van der Waals surface area contributed by atoms with Gasteiger partial charge >= 0.3 is 18.3 Å². The van der Waals surface area contributed by atoms with E-state index in [0.29, 0.717) is 0 Å². The maximum absolute atomic E-state index is 13.1. The van der Waals surface area contributed by atoms with Gasteiger partial charge in [-0.05, 0) is 0 Å². The third-order valence-electron chi connectivity index (χ3n) is 2.12. The molecule has 0 aromatic carbocycles. The zero-order chi connectivity index (χ0) is 15.9. The topological polar surface area (TPSA) is 29.5 Å². The minimum atomic E-state index is -6.72. The Bertz CT molecular complexity index is 308. The van der Waals surface area contributed by atoms with E-state index in [2.05, 4.69) is 4.74 Å². The van der Waals surface area contributed by atoms with Gasteiger partial charge in [-0.15, -0.1) is 0 Å². The van der Waals surface area contributed by atoms with Crippen molar-refractivity contribution < 1.29 is 53.7 Å². The fraction of sp³-hybridized carbons (Fsp3) is 1.00. The van der Waals surface area contributed by atoms with Gasteiger partial charge in [0.1, 0.15) is 0 Å². The Morgan fingerprint density at radius 1 is 0.895 bits per heavy atom. The van der Waals surface area contributed by atoms with E-state index in [1.807, 2.05) is 0 Å². The van der Waals surface area contributed by atoms with Crippen LogP contribution in [0.25, 0.3) is 0 Å². The molecule has 19 heavy (non-hydrogen) atoms. The molecule has 0 fully saturated rings. The van der Waals surface area contributed by atoms with Crippen LogP contribution in [-0.4, -0.2) is 48.6 Å². The maximum Gasteiger partial charge on any atom is 0.429 e. The van der Waals surface area contributed by atoms with Gasteiger partial charge in [-0.2, -0.15) is 35.1 Å². The van der Waals surface area contributed by atoms with Gasteiger partial charge in [-0.1, -0.05) is 0 Å². The van der Waals surface area contributed by atoms with Crippen molar-refractivity contribution in [2.24, 2.45) is 0 Å². The zero-order valence-corrected chi connectivity index (χ0v) is 8.79. The molecule has 0 saturated heterocycles. The third-order valence-corrected chi connectivity index (χ3v) is 2.12. The van der Waals surface area contributed by atoms with Crippen molar-refractivity contribution in [3.8, 4) is 0 Å². The molecule has 0 aliphatic rings. The normalized spacial score (nSPS) is 19.4. The number of ether oxygens (including phenoxy) is 1. The Balaban J connectivity index is 5.95. The monoisotopic (exact) mass is 312 g/mol. The predicted molar refractivity (Wildman–Crippen MR) is 38.8 cm³/mol. The molecule has 2 unspecified atom stereocenters. The van der Waals surface area contributed by atoms with Gasteiger partial charge in [0, 0.05) is 7.11 Å². The highest BCUT2D eigenvalue weighted by Gasteiger charge is 2.80. The SMILES string of the molecule is COC(C(F)(F)F)C(F)(F)C(O)(C(F)F)C(F)(F)F. The van der Waals surface area contributed by atoms with Crippen LogP contribution in [0.4, 0.5) is 43.9 Å². The Hall–Kier alpha value is -0.780. The molecule has 0 rings (SSSR count). The zero-order valence-electron chi connectivity index (χ0n) is 8.79. The Morgan fingerprint density at radius 2 is 1.26 bits per heavy atom. The molecule has 1 N–H and O–H groups in total. The first-order valence-corrected chi connectivity index (χ1v) is 4.18. The molecule has 0 spiro atoms. The lowest BCUT2D eigenvalue weighted by molar-refractivity contribution is -0.403. The number of aliphatic hydroxyl groups is 1. The van der Waals surface area contributed by atoms with Crippen LogP contribution < -0.4 is 0 Å². The summed E-state index contributed by atoms with van der Waals surface area (Å²) >= 11 is 0. The minimum absolute atomic E-state index is 0.0612. The van der Waals surface area contributed by atoms with Crippen LogP contribution in [0.2, 0.25) is 0 Å². The van der Waals surface area contributed by atoms with Crippen molar-refractivity contribution >= 4 is 0 Å². The van der Waals surface area contributed by atoms with E-state index < -0.39 is 36.4 Å². The molecule has 0 bridgehead atoms. The van der Waals surface area contributed by atoms with Gasteiger partial charge in [-0.3, -0.25) is 0 Å². The van der Waals surface area contributed by atoms with Crippen LogP contribution in [0.1, 0.15) is 0 Å². The molecule has 0 heterocycles. The van der Waals surface area contributed by atoms with Crippen molar-refractivity contribution in [3.63, 3.8) is 0 Å². The summed E-state index contributed by atoms with van der Waals surface area (Å²) < 4.78 is 126. The van der Waals surface area contributed by atoms with E-state index in [0.717, 1.165) is 0 Å². The van der Waals surface area contributed by atoms with E-state index in [4.69, 9.17) is 5.11 Å². The summed E-state index contributed by atoms with van der Waals surface area (Å²) in [5.74, 6) is -6.35. The van der Waals surface area contributed by atoms with Gasteiger partial charge in [-0.25, -0.2) is 8.78 Å². The third kappa shape index (κ3) is 2.88. The first kappa shape index (κ1) is 18.2. The van der Waals surface area contributed by atoms with E-state index in [1.54, 1.807) is 0 Å². The molecular weight excluding hydrogens is 306 g/mol. The summed E-state index contributed by atoms with van der Waals surface area (Å²) in [6, 6.07) is 0. The van der Waals surface area contributed by atoms with Crippen LogP contribution in [0.15, 0.2) is 0 Å². The lowest BCUT2D eigenvalue weighted by Crippen LogP contribution is -2.70. The van der Waals surface area contributed by atoms with Gasteiger partial charge in [0.2, 0.25) is 6.10 Å². The fourth-order valence-corrected chi connectivity index (χ4v) is 1.15. The van der Waals surface area contributed by atoms with Crippen LogP contribution >= 0.6 is 0 Å². The number of rotatable bonds is 4. The average molecular weight is 312 g/mol. The van der Waals surface area contributed by atoms with Gasteiger partial charge in [0.15, 0.2) is 0 Å². The predicted octanol–water partition coefficient (Wildman–Crippen LogP) is 2.76. The Morgan fingerprint density at radius 3 is 1.42 bits per heavy atom. The molecule has 12 heteroatoms. The lowest BCUT2D eigenvalue weighted by Gasteiger charge is -2.39. The van der Waals surface area contributed by atoms with Crippen molar-refractivity contribution in [2.75, 3.05) is 7.11 Å². The second-order valence-electron chi connectivity index (χ2n) is 3.35. The summed E-state index contributed by atoms with van der Waals surface area (Å²) in [5, 5.41) is 8.41. The van der Waals surface area contributed by atoms with Crippen LogP contribution in [0, 0.1) is 0 Å². The summed E-state index contributed by atoms with van der Waals surface area (Å²) in [5.41, 5.74) is -6.20. The highest BCUT2D eigenvalue weighted by atomic mass is 19.4. The summed E-state index contributed by atoms with van der Waals surface area (Å²) in [4.78, 5) is 0. The van der Waals surface area contributed by atoms with Gasteiger partial charge in [0.25, 0.3) is 12.0 Å². The molecule has 0 amide bonds. The quantitative estimate of drug-likeness (QED) is 0.809. The number of methoxy groups -OCH3 is 1. The van der Waals surface area contributed by atoms with E-state index in [-0.39, 0.29) is 7.11 Å². The van der Waals surface area contributed by atoms with Crippen LogP contribution in [-0.2, 0) is 4.74 Å². The average Bonchev–Trinajstić information content (AvgIpc) is 2.11. The number of alkyl halides is 10. The van der Waals surface area contributed by atoms with Crippen molar-refractivity contribution in [1.82, 2.24) is 0 Å². The summed E-state index contributed by atoms with van der Waals surface area (Å²) in [6.07, 6.45) is -22.6. The number of halogens is 10. The van der Waals surface area contributed by atoms with Crippen molar-refractivity contribution in [1.29, 1.82) is 0 Å². The van der Waals surface area contributed by atoms with Crippen LogP contribution in [0.5, 0.6) is 0 Å². The van der Waals surface area contributed by atoms with Gasteiger partial charge < -0.3 is 9.84 Å². The molecule has 0 aromatic rings. The highest BCUT2D eigenvalue weighted by molar-refractivity contribution is 5.06. The van der Waals surface area contributed by atoms with Crippen molar-refractivity contribution in [2.45, 2.75) is 36.4 Å². The smallest absolute Gasteiger partial charge is 0.371 e. The molecule has 0 aromatic heterocycles. The number of hydrogen-bond donors (Lipinski definition) is 1. The lowest BCUT2D eigenvalue weighted by atomic mass is 9.90. The van der Waals surface area contributed by atoms with Crippen LogP contribution in [0.3, 0.4) is 0 Å². The minimum Gasteiger partial charge on any atom is -0.371 e. The molecule has 0 radical (unpaired) electrons. The largest absolute Gasteiger partial charge is 0.429 e. The summed E-state index contributed by atoms with van der Waals surface area (Å²) in [6.45, 7) is 0. The van der Waals surface area contributed by atoms with E-state index in [1.165, 1.54) is 0 Å². The van der Waals surface area contributed by atoms with E-state index >= 15 is 0 Å². The Labute approximate surface area is 98.5 Å². The van der Waals surface area contributed by atoms with E-state index in [9.17, 15) is 43.9 Å². The summed E-state index contributed by atoms with van der Waals surface area (Å²) in [7, 11) is -0.0612. The second-order valence-corrected chi connectivity index (χ2v) is 3.35. The molecular formula is C7H6F10O2. The molecule has 0 saturated carbocycles. The molecule has 2 atom stereocenters. The first-order chi connectivity index (χ1) is 8.14. The molecule has 116 valence electrons. The molecule has 0 aliphatic carbocycles. The first-order valence-electron chi connectivity index (χ1n) is 4.18. The van der Waals surface area contributed by atoms with Gasteiger partial charge in [0.05, 0.1) is 0 Å².